The maximum Gasteiger partial charge on any atom is 0.182 e. The Morgan fingerprint density at radius 1 is 1.33 bits per heavy atom. The summed E-state index contributed by atoms with van der Waals surface area (Å²) in [5.74, 6) is 1.50. The van der Waals surface area contributed by atoms with Crippen LogP contribution in [-0.2, 0) is 16.4 Å². The lowest BCUT2D eigenvalue weighted by Gasteiger charge is -2.30. The minimum absolute atomic E-state index is 0.202. The van der Waals surface area contributed by atoms with Crippen LogP contribution in [0.1, 0.15) is 39.5 Å². The number of nitrogens with two attached hydrogens (primary N) is 1. The number of aryl methyl sites for hydroxylation is 1. The summed E-state index contributed by atoms with van der Waals surface area (Å²) < 4.78 is 25.9. The molecule has 0 unspecified atom stereocenters. The maximum absolute atomic E-state index is 12.1. The number of nitrogen functional groups attached to an aromatic ring is 1. The van der Waals surface area contributed by atoms with E-state index in [2.05, 4.69) is 23.8 Å². The van der Waals surface area contributed by atoms with Gasteiger partial charge in [-0.05, 0) is 25.2 Å². The van der Waals surface area contributed by atoms with Gasteiger partial charge in [-0.2, -0.15) is 5.10 Å². The quantitative estimate of drug-likeness (QED) is 0.898. The number of sulfone groups is 1. The second kappa shape index (κ2) is 6.25. The van der Waals surface area contributed by atoms with Crippen LogP contribution in [0.3, 0.4) is 0 Å². The third-order valence-electron chi connectivity index (χ3n) is 4.11. The summed E-state index contributed by atoms with van der Waals surface area (Å²) in [5.41, 5.74) is 6.06. The Labute approximate surface area is 127 Å². The van der Waals surface area contributed by atoms with E-state index >= 15 is 0 Å². The summed E-state index contributed by atoms with van der Waals surface area (Å²) in [6.45, 7) is 6.66. The fraction of sp³-hybridized carbons (Fsp3) is 0.786. The van der Waals surface area contributed by atoms with E-state index in [4.69, 9.17) is 5.73 Å². The molecular formula is C14H26N4O2S. The molecule has 2 rings (SSSR count). The molecular weight excluding hydrogens is 288 g/mol. The van der Waals surface area contributed by atoms with Crippen LogP contribution in [0.25, 0.3) is 0 Å². The minimum Gasteiger partial charge on any atom is -0.383 e. The number of aromatic nitrogens is 2. The van der Waals surface area contributed by atoms with Gasteiger partial charge in [-0.3, -0.25) is 0 Å². The predicted molar refractivity (Wildman–Crippen MR) is 85.3 cm³/mol. The Morgan fingerprint density at radius 3 is 2.48 bits per heavy atom. The van der Waals surface area contributed by atoms with E-state index in [9.17, 15) is 8.42 Å². The second-order valence-corrected chi connectivity index (χ2v) is 8.01. The average molecular weight is 314 g/mol. The fourth-order valence-corrected chi connectivity index (χ4v) is 3.69. The van der Waals surface area contributed by atoms with E-state index in [1.807, 2.05) is 0 Å². The Hall–Kier alpha value is -1.24. The number of hydrogen-bond donors (Lipinski definition) is 1. The van der Waals surface area contributed by atoms with E-state index < -0.39 is 9.84 Å². The molecule has 1 aliphatic rings. The molecule has 0 aliphatic carbocycles. The van der Waals surface area contributed by atoms with Gasteiger partial charge in [0.25, 0.3) is 0 Å². The van der Waals surface area contributed by atoms with Gasteiger partial charge in [0.2, 0.25) is 0 Å². The van der Waals surface area contributed by atoms with Crippen molar-refractivity contribution in [2.45, 2.75) is 51.0 Å². The van der Waals surface area contributed by atoms with Crippen LogP contribution in [0.5, 0.6) is 0 Å². The Balaban J connectivity index is 2.39. The molecule has 0 radical (unpaired) electrons. The van der Waals surface area contributed by atoms with Crippen molar-refractivity contribution in [2.75, 3.05) is 30.0 Å². The lowest BCUT2D eigenvalue weighted by atomic mass is 9.99. The SMILES string of the molecule is CCCCn1nc(N2CCC(C)CC2)c(S(C)(=O)=O)c1N. The van der Waals surface area contributed by atoms with Gasteiger partial charge in [0.05, 0.1) is 0 Å². The van der Waals surface area contributed by atoms with Crippen LogP contribution < -0.4 is 10.6 Å². The molecule has 0 atom stereocenters. The zero-order valence-corrected chi connectivity index (χ0v) is 14.0. The van der Waals surface area contributed by atoms with Gasteiger partial charge in [-0.25, -0.2) is 13.1 Å². The average Bonchev–Trinajstić information content (AvgIpc) is 2.74. The van der Waals surface area contributed by atoms with E-state index in [0.717, 1.165) is 38.8 Å². The highest BCUT2D eigenvalue weighted by Crippen LogP contribution is 2.32. The van der Waals surface area contributed by atoms with E-state index in [1.165, 1.54) is 6.26 Å². The van der Waals surface area contributed by atoms with Crippen LogP contribution in [0.4, 0.5) is 11.6 Å². The number of unbranched alkanes of at least 4 members (excludes halogenated alkanes) is 1. The molecule has 0 amide bonds. The monoisotopic (exact) mass is 314 g/mol. The minimum atomic E-state index is -3.38. The summed E-state index contributed by atoms with van der Waals surface area (Å²) in [4.78, 5) is 2.27. The predicted octanol–water partition coefficient (Wildman–Crippen LogP) is 1.91. The molecule has 1 saturated heterocycles. The van der Waals surface area contributed by atoms with Crippen molar-refractivity contribution in [2.24, 2.45) is 5.92 Å². The Bertz CT molecular complexity index is 586. The first kappa shape index (κ1) is 16.1. The number of anilines is 2. The molecule has 0 bridgehead atoms. The lowest BCUT2D eigenvalue weighted by Crippen LogP contribution is -2.34. The van der Waals surface area contributed by atoms with Gasteiger partial charge < -0.3 is 10.6 Å². The van der Waals surface area contributed by atoms with Gasteiger partial charge in [-0.1, -0.05) is 20.3 Å². The molecule has 0 saturated carbocycles. The molecule has 2 heterocycles. The van der Waals surface area contributed by atoms with Crippen LogP contribution in [0, 0.1) is 5.92 Å². The highest BCUT2D eigenvalue weighted by molar-refractivity contribution is 7.91. The third-order valence-corrected chi connectivity index (χ3v) is 5.24. The Morgan fingerprint density at radius 2 is 1.95 bits per heavy atom. The molecule has 0 aromatic carbocycles. The molecule has 0 spiro atoms. The summed E-state index contributed by atoms with van der Waals surface area (Å²) in [5, 5.41) is 4.50. The molecule has 1 aliphatic heterocycles. The van der Waals surface area contributed by atoms with Crippen molar-refractivity contribution in [1.29, 1.82) is 0 Å². The number of nitrogens with zero attached hydrogens (tertiary/aromatic N) is 3. The van der Waals surface area contributed by atoms with Gasteiger partial charge >= 0.3 is 0 Å². The Kier molecular flexibility index (Phi) is 4.81. The van der Waals surface area contributed by atoms with Crippen molar-refractivity contribution in [3.63, 3.8) is 0 Å². The van der Waals surface area contributed by atoms with Gasteiger partial charge in [-0.15, -0.1) is 0 Å². The molecule has 7 heteroatoms. The molecule has 6 nitrogen and oxygen atoms in total. The van der Waals surface area contributed by atoms with E-state index in [1.54, 1.807) is 4.68 Å². The smallest absolute Gasteiger partial charge is 0.182 e. The van der Waals surface area contributed by atoms with Crippen LogP contribution in [0.15, 0.2) is 4.90 Å². The summed E-state index contributed by atoms with van der Waals surface area (Å²) in [7, 11) is -3.38. The molecule has 1 aromatic rings. The van der Waals surface area contributed by atoms with E-state index in [0.29, 0.717) is 18.3 Å². The third kappa shape index (κ3) is 3.51. The van der Waals surface area contributed by atoms with Crippen LogP contribution >= 0.6 is 0 Å². The van der Waals surface area contributed by atoms with Gasteiger partial charge in [0, 0.05) is 25.9 Å². The largest absolute Gasteiger partial charge is 0.383 e. The summed E-state index contributed by atoms with van der Waals surface area (Å²) >= 11 is 0. The van der Waals surface area contributed by atoms with Crippen LogP contribution in [0.2, 0.25) is 0 Å². The topological polar surface area (TPSA) is 81.2 Å². The first-order chi connectivity index (χ1) is 9.84. The standard InChI is InChI=1S/C14H26N4O2S/c1-4-5-8-18-13(15)12(21(3,19)20)14(16-18)17-9-6-11(2)7-10-17/h11H,4-10,15H2,1-3H3. The molecule has 21 heavy (non-hydrogen) atoms. The van der Waals surface area contributed by atoms with Crippen molar-refractivity contribution < 1.29 is 8.42 Å². The van der Waals surface area contributed by atoms with Gasteiger partial charge in [0.15, 0.2) is 20.6 Å². The zero-order valence-electron chi connectivity index (χ0n) is 13.2. The van der Waals surface area contributed by atoms with Crippen molar-refractivity contribution in [1.82, 2.24) is 9.78 Å². The molecule has 2 N–H and O–H groups in total. The number of rotatable bonds is 5. The maximum atomic E-state index is 12.1. The van der Waals surface area contributed by atoms with Crippen molar-refractivity contribution in [3.8, 4) is 0 Å². The fourth-order valence-electron chi connectivity index (χ4n) is 2.71. The van der Waals surface area contributed by atoms with Crippen molar-refractivity contribution >= 4 is 21.5 Å². The second-order valence-electron chi connectivity index (χ2n) is 6.06. The zero-order chi connectivity index (χ0) is 15.6. The molecule has 1 aromatic heterocycles. The van der Waals surface area contributed by atoms with Gasteiger partial charge in [0.1, 0.15) is 5.82 Å². The number of piperidine rings is 1. The number of hydrogen-bond acceptors (Lipinski definition) is 5. The first-order valence-electron chi connectivity index (χ1n) is 7.65. The van der Waals surface area contributed by atoms with E-state index in [-0.39, 0.29) is 10.7 Å². The first-order valence-corrected chi connectivity index (χ1v) is 9.55. The highest BCUT2D eigenvalue weighted by Gasteiger charge is 2.29. The summed E-state index contributed by atoms with van der Waals surface area (Å²) in [6.07, 6.45) is 5.28. The highest BCUT2D eigenvalue weighted by atomic mass is 32.2. The normalized spacial score (nSPS) is 17.4. The molecule has 120 valence electrons. The van der Waals surface area contributed by atoms with Crippen molar-refractivity contribution in [3.05, 3.63) is 0 Å². The lowest BCUT2D eigenvalue weighted by molar-refractivity contribution is 0.434. The summed E-state index contributed by atoms with van der Waals surface area (Å²) in [6, 6.07) is 0. The molecule has 1 fully saturated rings. The van der Waals surface area contributed by atoms with Crippen LogP contribution in [-0.4, -0.2) is 37.5 Å².